The Balaban J connectivity index is 4.45. The van der Waals surface area contributed by atoms with Crippen LogP contribution in [0.25, 0.3) is 0 Å². The van der Waals surface area contributed by atoms with Crippen molar-refractivity contribution in [2.45, 2.75) is 12.8 Å². The summed E-state index contributed by atoms with van der Waals surface area (Å²) in [5, 5.41) is 7.16. The Morgan fingerprint density at radius 1 is 1.33 bits per heavy atom. The molecule has 12 heavy (non-hydrogen) atoms. The van der Waals surface area contributed by atoms with Gasteiger partial charge in [0.15, 0.2) is 0 Å². The van der Waals surface area contributed by atoms with Crippen LogP contribution in [0.5, 0.6) is 0 Å². The van der Waals surface area contributed by atoms with Crippen LogP contribution in [0.15, 0.2) is 36.5 Å². The fourth-order valence-electron chi connectivity index (χ4n) is 0.938. The van der Waals surface area contributed by atoms with Crippen LogP contribution < -0.4 is 5.73 Å². The quantitative estimate of drug-likeness (QED) is 0.458. The molecule has 0 saturated heterocycles. The van der Waals surface area contributed by atoms with Gasteiger partial charge in [-0.1, -0.05) is 25.3 Å². The highest BCUT2D eigenvalue weighted by Gasteiger charge is 1.96. The van der Waals surface area contributed by atoms with Crippen LogP contribution in [-0.4, -0.2) is 12.8 Å². The molecule has 0 unspecified atom stereocenters. The minimum absolute atomic E-state index is 0.652. The van der Waals surface area contributed by atoms with Crippen molar-refractivity contribution in [2.24, 2.45) is 5.73 Å². The Labute approximate surface area is 74.0 Å². The van der Waals surface area contributed by atoms with E-state index in [9.17, 15) is 0 Å². The summed E-state index contributed by atoms with van der Waals surface area (Å²) in [7, 11) is 0. The van der Waals surface area contributed by atoms with Gasteiger partial charge in [-0.3, -0.25) is 0 Å². The highest BCUT2D eigenvalue weighted by molar-refractivity contribution is 5.78. The van der Waals surface area contributed by atoms with E-state index < -0.39 is 0 Å². The van der Waals surface area contributed by atoms with E-state index in [4.69, 9.17) is 11.1 Å². The lowest BCUT2D eigenvalue weighted by Crippen LogP contribution is -2.00. The van der Waals surface area contributed by atoms with Gasteiger partial charge in [-0.2, -0.15) is 0 Å². The summed E-state index contributed by atoms with van der Waals surface area (Å²) in [5.41, 5.74) is 7.24. The molecule has 0 aliphatic rings. The SMILES string of the molecule is C=CC(C=C)=C(C=N)CCCN. The molecule has 0 aliphatic heterocycles. The third kappa shape index (κ3) is 3.30. The number of nitrogens with two attached hydrogens (primary N) is 1. The first-order valence-corrected chi connectivity index (χ1v) is 3.98. The molecule has 0 aliphatic carbocycles. The maximum Gasteiger partial charge on any atom is 0.0215 e. The van der Waals surface area contributed by atoms with Crippen molar-refractivity contribution in [3.63, 3.8) is 0 Å². The maximum absolute atomic E-state index is 7.16. The maximum atomic E-state index is 7.16. The standard InChI is InChI=1S/C10H16N2/c1-3-9(4-2)10(8-12)6-5-7-11/h3-4,8,12H,1-2,5-7,11H2. The number of hydrogen-bond donors (Lipinski definition) is 2. The van der Waals surface area contributed by atoms with E-state index in [2.05, 4.69) is 13.2 Å². The van der Waals surface area contributed by atoms with Crippen molar-refractivity contribution < 1.29 is 0 Å². The summed E-state index contributed by atoms with van der Waals surface area (Å²) in [6.45, 7) is 7.94. The molecule has 0 spiro atoms. The lowest BCUT2D eigenvalue weighted by Gasteiger charge is -2.02. The second-order valence-electron chi connectivity index (χ2n) is 2.43. The predicted molar refractivity (Wildman–Crippen MR) is 54.5 cm³/mol. The van der Waals surface area contributed by atoms with Crippen LogP contribution in [0.1, 0.15) is 12.8 Å². The van der Waals surface area contributed by atoms with Gasteiger partial charge in [-0.15, -0.1) is 0 Å². The van der Waals surface area contributed by atoms with Crippen LogP contribution in [-0.2, 0) is 0 Å². The van der Waals surface area contributed by atoms with Gasteiger partial charge in [0.1, 0.15) is 0 Å². The van der Waals surface area contributed by atoms with E-state index >= 15 is 0 Å². The number of hydrogen-bond acceptors (Lipinski definition) is 2. The van der Waals surface area contributed by atoms with Crippen molar-refractivity contribution in [3.05, 3.63) is 36.5 Å². The van der Waals surface area contributed by atoms with E-state index in [-0.39, 0.29) is 0 Å². The Kier molecular flexibility index (Phi) is 5.93. The molecule has 0 saturated carbocycles. The molecule has 0 atom stereocenters. The summed E-state index contributed by atoms with van der Waals surface area (Å²) in [5.74, 6) is 0. The molecule has 2 heteroatoms. The molecule has 0 radical (unpaired) electrons. The molecule has 2 nitrogen and oxygen atoms in total. The highest BCUT2D eigenvalue weighted by atomic mass is 14.5. The Morgan fingerprint density at radius 3 is 2.25 bits per heavy atom. The topological polar surface area (TPSA) is 49.9 Å². The zero-order chi connectivity index (χ0) is 9.40. The lowest BCUT2D eigenvalue weighted by atomic mass is 10.0. The van der Waals surface area contributed by atoms with Crippen molar-refractivity contribution >= 4 is 6.21 Å². The summed E-state index contributed by atoms with van der Waals surface area (Å²) in [6, 6.07) is 0. The van der Waals surface area contributed by atoms with Gasteiger partial charge < -0.3 is 11.1 Å². The average Bonchev–Trinajstić information content (AvgIpc) is 2.12. The average molecular weight is 164 g/mol. The molecule has 0 rings (SSSR count). The predicted octanol–water partition coefficient (Wildman–Crippen LogP) is 2.04. The van der Waals surface area contributed by atoms with Crippen LogP contribution in [0.2, 0.25) is 0 Å². The molecule has 0 amide bonds. The Morgan fingerprint density at radius 2 is 1.92 bits per heavy atom. The second-order valence-corrected chi connectivity index (χ2v) is 2.43. The number of nitrogens with one attached hydrogen (secondary N) is 1. The third-order valence-corrected chi connectivity index (χ3v) is 1.64. The fraction of sp³-hybridized carbons (Fsp3) is 0.300. The van der Waals surface area contributed by atoms with Crippen LogP contribution >= 0.6 is 0 Å². The number of rotatable bonds is 6. The summed E-state index contributed by atoms with van der Waals surface area (Å²) >= 11 is 0. The molecule has 0 bridgehead atoms. The molecule has 0 aromatic heterocycles. The van der Waals surface area contributed by atoms with E-state index in [0.717, 1.165) is 24.0 Å². The van der Waals surface area contributed by atoms with Gasteiger partial charge in [0.05, 0.1) is 0 Å². The minimum atomic E-state index is 0.652. The van der Waals surface area contributed by atoms with Gasteiger partial charge in [0, 0.05) is 6.21 Å². The molecular formula is C10H16N2. The van der Waals surface area contributed by atoms with Gasteiger partial charge in [0.25, 0.3) is 0 Å². The Bertz CT molecular complexity index is 192. The van der Waals surface area contributed by atoms with E-state index in [0.29, 0.717) is 6.54 Å². The highest BCUT2D eigenvalue weighted by Crippen LogP contribution is 2.10. The normalized spacial score (nSPS) is 8.75. The second kappa shape index (κ2) is 6.55. The number of allylic oxidation sites excluding steroid dienone is 4. The molecular weight excluding hydrogens is 148 g/mol. The zero-order valence-electron chi connectivity index (χ0n) is 7.34. The van der Waals surface area contributed by atoms with Gasteiger partial charge in [0.2, 0.25) is 0 Å². The van der Waals surface area contributed by atoms with Crippen molar-refractivity contribution in [3.8, 4) is 0 Å². The lowest BCUT2D eigenvalue weighted by molar-refractivity contribution is 0.840. The van der Waals surface area contributed by atoms with Crippen LogP contribution in [0.3, 0.4) is 0 Å². The molecule has 3 N–H and O–H groups in total. The molecule has 0 aromatic rings. The summed E-state index contributed by atoms with van der Waals surface area (Å²) < 4.78 is 0. The first-order chi connectivity index (χ1) is 5.79. The van der Waals surface area contributed by atoms with Crippen molar-refractivity contribution in [1.82, 2.24) is 0 Å². The molecule has 0 aromatic carbocycles. The first-order valence-electron chi connectivity index (χ1n) is 3.98. The molecule has 0 fully saturated rings. The molecule has 66 valence electrons. The minimum Gasteiger partial charge on any atom is -0.330 e. The summed E-state index contributed by atoms with van der Waals surface area (Å²) in [4.78, 5) is 0. The molecule has 0 heterocycles. The largest absolute Gasteiger partial charge is 0.330 e. The van der Waals surface area contributed by atoms with Gasteiger partial charge >= 0.3 is 0 Å². The third-order valence-electron chi connectivity index (χ3n) is 1.64. The van der Waals surface area contributed by atoms with Gasteiger partial charge in [-0.05, 0) is 30.5 Å². The summed E-state index contributed by atoms with van der Waals surface area (Å²) in [6.07, 6.45) is 6.49. The van der Waals surface area contributed by atoms with Gasteiger partial charge in [-0.25, -0.2) is 0 Å². The van der Waals surface area contributed by atoms with Crippen molar-refractivity contribution in [1.29, 1.82) is 5.41 Å². The monoisotopic (exact) mass is 164 g/mol. The first kappa shape index (κ1) is 10.8. The van der Waals surface area contributed by atoms with Crippen LogP contribution in [0, 0.1) is 5.41 Å². The Hall–Kier alpha value is -1.15. The van der Waals surface area contributed by atoms with E-state index in [1.165, 1.54) is 6.21 Å². The van der Waals surface area contributed by atoms with E-state index in [1.807, 2.05) is 0 Å². The van der Waals surface area contributed by atoms with Crippen molar-refractivity contribution in [2.75, 3.05) is 6.54 Å². The zero-order valence-corrected chi connectivity index (χ0v) is 7.34. The van der Waals surface area contributed by atoms with Crippen LogP contribution in [0.4, 0.5) is 0 Å². The fourth-order valence-corrected chi connectivity index (χ4v) is 0.938. The van der Waals surface area contributed by atoms with E-state index in [1.54, 1.807) is 12.2 Å². The smallest absolute Gasteiger partial charge is 0.0215 e.